The second kappa shape index (κ2) is 16.9. The minimum atomic E-state index is -1.32. The highest BCUT2D eigenvalue weighted by Crippen LogP contribution is 2.45. The third-order valence-electron chi connectivity index (χ3n) is 8.27. The quantitative estimate of drug-likeness (QED) is 0.176. The van der Waals surface area contributed by atoms with Crippen LogP contribution in [0.1, 0.15) is 24.5 Å². The standard InChI is InChI=1S/C31H30Br6N4O11/c1-48-24-16(34)5-30(26(44)21(24)36)7-18(40-51-30)28(46)38-9-13(42)11-50-23-14(32)3-12(4-15(23)33)20(43)10-39-29(47)19-8-31(52-41-19)6-17(35)25(49-2)22(37)27(31)45/h3-6,13,20,26-27,42-45H,7-11H2,1-2H3,(H,38,46)(H,39,47)/t13-,20-,26+,27+,30-,31-/m0/s1. The number of methoxy groups -OCH3 is 2. The molecule has 0 radical (unpaired) electrons. The number of allylic oxidation sites excluding steroid dienone is 2. The lowest BCUT2D eigenvalue weighted by Gasteiger charge is -2.33. The number of nitrogens with zero attached hydrogens (tertiary/aromatic N) is 2. The van der Waals surface area contributed by atoms with Crippen LogP contribution in [0.4, 0.5) is 0 Å². The highest BCUT2D eigenvalue weighted by atomic mass is 79.9. The van der Waals surface area contributed by atoms with Crippen LogP contribution in [-0.2, 0) is 28.7 Å². The monoisotopic (exact) mass is 1110 g/mol. The normalized spacial score (nSPS) is 26.5. The van der Waals surface area contributed by atoms with E-state index in [-0.39, 0.29) is 44.0 Å². The smallest absolute Gasteiger partial charge is 0.269 e. The molecule has 21 heteroatoms. The van der Waals surface area contributed by atoms with Crippen LogP contribution in [0.3, 0.4) is 0 Å². The first-order chi connectivity index (χ1) is 24.6. The van der Waals surface area contributed by atoms with E-state index in [4.69, 9.17) is 23.9 Å². The van der Waals surface area contributed by atoms with Gasteiger partial charge < -0.3 is 54.9 Å². The largest absolute Gasteiger partial charge is 0.495 e. The summed E-state index contributed by atoms with van der Waals surface area (Å²) in [7, 11) is 2.91. The SMILES string of the molecule is COC1=C(Br)[C@@H](O)[C@]2(C=C1Br)CC(C(=O)NC[C@H](O)COc1c(Br)cc([C@@H](O)CNC(=O)C3=NO[C@@]4(C=C(Br)C(OC)=C(Br)[C@H]4O)C3)cc1Br)=NO2. The fraction of sp³-hybridized carbons (Fsp3) is 0.419. The molecule has 6 N–H and O–H groups in total. The minimum Gasteiger partial charge on any atom is -0.495 e. The van der Waals surface area contributed by atoms with Crippen molar-refractivity contribution in [2.24, 2.45) is 10.3 Å². The lowest BCUT2D eigenvalue weighted by molar-refractivity contribution is -0.116. The molecular weight excluding hydrogens is 1080 g/mol. The van der Waals surface area contributed by atoms with Crippen LogP contribution in [0.15, 0.2) is 73.0 Å². The molecule has 6 atom stereocenters. The molecule has 1 aromatic carbocycles. The van der Waals surface area contributed by atoms with Gasteiger partial charge in [-0.05, 0) is 125 Å². The summed E-state index contributed by atoms with van der Waals surface area (Å²) >= 11 is 20.2. The van der Waals surface area contributed by atoms with Crippen LogP contribution in [0.25, 0.3) is 0 Å². The van der Waals surface area contributed by atoms with Gasteiger partial charge in [0.25, 0.3) is 11.8 Å². The van der Waals surface area contributed by atoms with Gasteiger partial charge in [0.15, 0.2) is 11.2 Å². The Hall–Kier alpha value is -1.82. The average Bonchev–Trinajstić information content (AvgIpc) is 3.73. The van der Waals surface area contributed by atoms with Crippen LogP contribution in [0, 0.1) is 0 Å². The van der Waals surface area contributed by atoms with E-state index in [9.17, 15) is 30.0 Å². The molecule has 2 aliphatic heterocycles. The minimum absolute atomic E-state index is 0.0225. The maximum absolute atomic E-state index is 12.9. The number of oxime groups is 2. The topological polar surface area (TPSA) is 210 Å². The molecule has 0 saturated heterocycles. The molecule has 0 aromatic heterocycles. The van der Waals surface area contributed by atoms with Crippen LogP contribution >= 0.6 is 95.6 Å². The zero-order valence-corrected chi connectivity index (χ0v) is 36.5. The number of amides is 2. The van der Waals surface area contributed by atoms with Crippen molar-refractivity contribution in [3.8, 4) is 5.75 Å². The van der Waals surface area contributed by atoms with Crippen molar-refractivity contribution in [1.29, 1.82) is 0 Å². The van der Waals surface area contributed by atoms with Gasteiger partial charge in [-0.2, -0.15) is 0 Å². The Labute approximate surface area is 347 Å². The molecule has 0 saturated carbocycles. The Kier molecular flexibility index (Phi) is 13.4. The Morgan fingerprint density at radius 3 is 1.71 bits per heavy atom. The van der Waals surface area contributed by atoms with Gasteiger partial charge in [0.1, 0.15) is 53.6 Å². The van der Waals surface area contributed by atoms with Crippen LogP contribution in [-0.4, -0.2) is 107 Å². The summed E-state index contributed by atoms with van der Waals surface area (Å²) in [6.07, 6.45) is -1.53. The number of hydrogen-bond donors (Lipinski definition) is 6. The van der Waals surface area contributed by atoms with Gasteiger partial charge in [-0.3, -0.25) is 9.59 Å². The molecule has 2 heterocycles. The molecule has 2 aliphatic carbocycles. The average molecular weight is 1110 g/mol. The Balaban J connectivity index is 1.09. The first-order valence-electron chi connectivity index (χ1n) is 15.1. The molecule has 282 valence electrons. The fourth-order valence-electron chi connectivity index (χ4n) is 5.51. The Morgan fingerprint density at radius 2 is 1.27 bits per heavy atom. The number of hydrogen-bond acceptors (Lipinski definition) is 13. The summed E-state index contributed by atoms with van der Waals surface area (Å²) in [4.78, 5) is 36.8. The summed E-state index contributed by atoms with van der Waals surface area (Å²) in [6, 6.07) is 3.19. The van der Waals surface area contributed by atoms with Gasteiger partial charge in [0.2, 0.25) is 0 Å². The third kappa shape index (κ3) is 8.37. The summed E-state index contributed by atoms with van der Waals surface area (Å²) in [6.45, 7) is -0.560. The van der Waals surface area contributed by atoms with E-state index in [0.29, 0.717) is 49.7 Å². The summed E-state index contributed by atoms with van der Waals surface area (Å²) in [5.74, 6) is -0.0771. The zero-order chi connectivity index (χ0) is 38.1. The number of ether oxygens (including phenoxy) is 3. The molecule has 4 aliphatic rings. The second-order valence-corrected chi connectivity index (χ2v) is 16.9. The van der Waals surface area contributed by atoms with Crippen molar-refractivity contribution in [2.45, 2.75) is 48.5 Å². The van der Waals surface area contributed by atoms with Crippen molar-refractivity contribution < 1.29 is 53.9 Å². The van der Waals surface area contributed by atoms with Crippen molar-refractivity contribution in [1.82, 2.24) is 10.6 Å². The molecular formula is C31H30Br6N4O11. The Morgan fingerprint density at radius 1 is 0.827 bits per heavy atom. The lowest BCUT2D eigenvalue weighted by Crippen LogP contribution is -2.45. The van der Waals surface area contributed by atoms with E-state index in [2.05, 4.69) is 117 Å². The lowest BCUT2D eigenvalue weighted by atomic mass is 9.87. The number of carbonyl (C=O) groups is 2. The highest BCUT2D eigenvalue weighted by molar-refractivity contribution is 9.12. The van der Waals surface area contributed by atoms with E-state index in [1.165, 1.54) is 14.2 Å². The molecule has 0 unspecified atom stereocenters. The number of carbonyl (C=O) groups excluding carboxylic acids is 2. The molecule has 15 nitrogen and oxygen atoms in total. The van der Waals surface area contributed by atoms with Gasteiger partial charge in [-0.25, -0.2) is 0 Å². The van der Waals surface area contributed by atoms with Gasteiger partial charge in [-0.1, -0.05) is 10.3 Å². The summed E-state index contributed by atoms with van der Waals surface area (Å²) in [5.41, 5.74) is -2.16. The van der Waals surface area contributed by atoms with E-state index >= 15 is 0 Å². The van der Waals surface area contributed by atoms with Crippen LogP contribution < -0.4 is 15.4 Å². The number of aliphatic hydroxyl groups excluding tert-OH is 4. The summed E-state index contributed by atoms with van der Waals surface area (Å²) in [5, 5.41) is 56.0. The molecule has 2 amide bonds. The van der Waals surface area contributed by atoms with Crippen molar-refractivity contribution >= 4 is 119 Å². The maximum atomic E-state index is 12.9. The number of aliphatic hydroxyl groups is 4. The second-order valence-electron chi connectivity index (χ2n) is 11.8. The number of nitrogens with one attached hydrogen (secondary N) is 2. The van der Waals surface area contributed by atoms with Crippen molar-refractivity contribution in [3.05, 3.63) is 68.2 Å². The van der Waals surface area contributed by atoms with E-state index < -0.39 is 47.4 Å². The highest BCUT2D eigenvalue weighted by Gasteiger charge is 2.52. The molecule has 1 aromatic rings. The van der Waals surface area contributed by atoms with Gasteiger partial charge in [0.05, 0.1) is 47.2 Å². The van der Waals surface area contributed by atoms with Gasteiger partial charge in [0, 0.05) is 25.9 Å². The number of halogens is 6. The summed E-state index contributed by atoms with van der Waals surface area (Å²) < 4.78 is 18.9. The molecule has 5 rings (SSSR count). The first kappa shape index (κ1) is 41.3. The molecule has 0 fully saturated rings. The van der Waals surface area contributed by atoms with Crippen molar-refractivity contribution in [3.63, 3.8) is 0 Å². The first-order valence-corrected chi connectivity index (χ1v) is 19.9. The predicted octanol–water partition coefficient (Wildman–Crippen LogP) is 4.06. The van der Waals surface area contributed by atoms with Crippen LogP contribution in [0.2, 0.25) is 0 Å². The third-order valence-corrected chi connectivity index (χ3v) is 12.2. The molecule has 52 heavy (non-hydrogen) atoms. The van der Waals surface area contributed by atoms with Gasteiger partial charge >= 0.3 is 0 Å². The molecule has 2 spiro atoms. The van der Waals surface area contributed by atoms with Crippen LogP contribution in [0.5, 0.6) is 5.75 Å². The maximum Gasteiger partial charge on any atom is 0.269 e. The Bertz CT molecular complexity index is 1810. The number of benzene rings is 1. The van der Waals surface area contributed by atoms with Gasteiger partial charge in [-0.15, -0.1) is 0 Å². The van der Waals surface area contributed by atoms with E-state index in [0.717, 1.165) is 0 Å². The molecule has 0 bridgehead atoms. The predicted molar refractivity (Wildman–Crippen MR) is 208 cm³/mol. The van der Waals surface area contributed by atoms with E-state index in [1.807, 2.05) is 0 Å². The fourth-order valence-corrected chi connectivity index (χ4v) is 10.5. The zero-order valence-electron chi connectivity index (χ0n) is 27.0. The van der Waals surface area contributed by atoms with Crippen molar-refractivity contribution in [2.75, 3.05) is 33.9 Å². The van der Waals surface area contributed by atoms with E-state index in [1.54, 1.807) is 24.3 Å². The number of rotatable bonds is 12.